The van der Waals surface area contributed by atoms with Crippen LogP contribution in [0.15, 0.2) is 12.2 Å². The summed E-state index contributed by atoms with van der Waals surface area (Å²) in [6.45, 7) is 4.36. The second-order valence-electron chi connectivity index (χ2n) is 7.43. The molecule has 0 aromatic carbocycles. The Balaban J connectivity index is 1.56. The molecule has 0 aliphatic carbocycles. The van der Waals surface area contributed by atoms with Crippen LogP contribution in [0.25, 0.3) is 0 Å². The molecule has 1 N–H and O–H groups in total. The maximum absolute atomic E-state index is 10.9. The zero-order chi connectivity index (χ0) is 16.5. The van der Waals surface area contributed by atoms with Gasteiger partial charge < -0.3 is 5.11 Å². The van der Waals surface area contributed by atoms with Crippen molar-refractivity contribution in [2.24, 2.45) is 0 Å². The van der Waals surface area contributed by atoms with Gasteiger partial charge in [-0.05, 0) is 12.5 Å². The van der Waals surface area contributed by atoms with E-state index in [2.05, 4.69) is 29.5 Å². The van der Waals surface area contributed by atoms with Gasteiger partial charge in [0.05, 0.1) is 20.1 Å². The summed E-state index contributed by atoms with van der Waals surface area (Å²) in [5.41, 5.74) is -0.718. The molecule has 0 saturated carbocycles. The molecule has 0 fully saturated rings. The molecule has 0 radical (unpaired) electrons. The van der Waals surface area contributed by atoms with E-state index in [4.69, 9.17) is 0 Å². The van der Waals surface area contributed by atoms with Gasteiger partial charge in [-0.3, -0.25) is 4.58 Å². The average molecular weight is 322 g/mol. The van der Waals surface area contributed by atoms with E-state index in [0.29, 0.717) is 0 Å². The first-order valence-electron chi connectivity index (χ1n) is 9.95. The van der Waals surface area contributed by atoms with Crippen molar-refractivity contribution in [1.29, 1.82) is 0 Å². The second-order valence-corrected chi connectivity index (χ2v) is 7.43. The van der Waals surface area contributed by atoms with Gasteiger partial charge in [0.2, 0.25) is 5.72 Å². The summed E-state index contributed by atoms with van der Waals surface area (Å²) in [6, 6.07) is 0. The Labute approximate surface area is 143 Å². The SMILES string of the molecule is CCCCCCCCCCCCC1(O)C=CC2=[N+](C)CCCN21. The fourth-order valence-corrected chi connectivity index (χ4v) is 3.90. The zero-order valence-corrected chi connectivity index (χ0v) is 15.4. The van der Waals surface area contributed by atoms with Crippen LogP contribution in [0, 0.1) is 0 Å². The molecule has 3 nitrogen and oxygen atoms in total. The molecule has 1 unspecified atom stereocenters. The van der Waals surface area contributed by atoms with Crippen LogP contribution < -0.4 is 0 Å². The van der Waals surface area contributed by atoms with Crippen LogP contribution in [0.5, 0.6) is 0 Å². The van der Waals surface area contributed by atoms with Crippen molar-refractivity contribution >= 4 is 5.84 Å². The highest BCUT2D eigenvalue weighted by Crippen LogP contribution is 2.29. The first kappa shape index (κ1) is 18.5. The lowest BCUT2D eigenvalue weighted by Gasteiger charge is -2.31. The average Bonchev–Trinajstić information content (AvgIpc) is 2.88. The van der Waals surface area contributed by atoms with Crippen LogP contribution in [-0.2, 0) is 0 Å². The van der Waals surface area contributed by atoms with Gasteiger partial charge in [-0.15, -0.1) is 0 Å². The van der Waals surface area contributed by atoms with Crippen molar-refractivity contribution in [3.63, 3.8) is 0 Å². The van der Waals surface area contributed by atoms with Gasteiger partial charge in [-0.2, -0.15) is 0 Å². The van der Waals surface area contributed by atoms with Gasteiger partial charge in [-0.25, -0.2) is 4.90 Å². The van der Waals surface area contributed by atoms with Crippen LogP contribution in [-0.4, -0.2) is 46.3 Å². The third kappa shape index (κ3) is 5.34. The topological polar surface area (TPSA) is 26.5 Å². The summed E-state index contributed by atoms with van der Waals surface area (Å²) in [4.78, 5) is 2.20. The molecule has 132 valence electrons. The molecule has 0 bridgehead atoms. The fourth-order valence-electron chi connectivity index (χ4n) is 3.90. The molecule has 0 spiro atoms. The number of hydrogen-bond donors (Lipinski definition) is 1. The highest BCUT2D eigenvalue weighted by molar-refractivity contribution is 5.92. The lowest BCUT2D eigenvalue weighted by atomic mass is 10.0. The summed E-state index contributed by atoms with van der Waals surface area (Å²) >= 11 is 0. The molecular weight excluding hydrogens is 284 g/mol. The molecular formula is C20H37N2O+. The van der Waals surface area contributed by atoms with Gasteiger partial charge in [0.1, 0.15) is 0 Å². The van der Waals surface area contributed by atoms with Crippen molar-refractivity contribution in [3.05, 3.63) is 12.2 Å². The van der Waals surface area contributed by atoms with Gasteiger partial charge >= 0.3 is 0 Å². The van der Waals surface area contributed by atoms with E-state index in [1.165, 1.54) is 63.6 Å². The molecule has 1 atom stereocenters. The van der Waals surface area contributed by atoms with Crippen molar-refractivity contribution in [3.8, 4) is 0 Å². The van der Waals surface area contributed by atoms with Gasteiger partial charge in [0.15, 0.2) is 0 Å². The molecule has 0 aromatic rings. The highest BCUT2D eigenvalue weighted by atomic mass is 16.3. The smallest absolute Gasteiger partial charge is 0.274 e. The highest BCUT2D eigenvalue weighted by Gasteiger charge is 2.45. The van der Waals surface area contributed by atoms with Gasteiger partial charge in [0, 0.05) is 18.9 Å². The maximum Gasteiger partial charge on any atom is 0.274 e. The van der Waals surface area contributed by atoms with E-state index in [0.717, 1.165) is 32.4 Å². The minimum atomic E-state index is -0.718. The van der Waals surface area contributed by atoms with Crippen LogP contribution in [0.4, 0.5) is 0 Å². The minimum Gasteiger partial charge on any atom is -0.350 e. The van der Waals surface area contributed by atoms with E-state index >= 15 is 0 Å². The number of nitrogens with zero attached hydrogens (tertiary/aromatic N) is 2. The molecule has 2 aliphatic heterocycles. The summed E-state index contributed by atoms with van der Waals surface area (Å²) in [7, 11) is 2.12. The summed E-state index contributed by atoms with van der Waals surface area (Å²) in [5, 5.41) is 10.9. The number of aliphatic hydroxyl groups is 1. The molecule has 0 amide bonds. The zero-order valence-electron chi connectivity index (χ0n) is 15.4. The largest absolute Gasteiger partial charge is 0.350 e. The predicted molar refractivity (Wildman–Crippen MR) is 97.9 cm³/mol. The van der Waals surface area contributed by atoms with Crippen molar-refractivity contribution in [1.82, 2.24) is 4.90 Å². The van der Waals surface area contributed by atoms with Crippen LogP contribution >= 0.6 is 0 Å². The first-order valence-corrected chi connectivity index (χ1v) is 9.95. The number of hydrogen-bond acceptors (Lipinski definition) is 2. The number of fused-ring (bicyclic) bond motifs is 1. The molecule has 23 heavy (non-hydrogen) atoms. The summed E-state index contributed by atoms with van der Waals surface area (Å²) < 4.78 is 2.26. The van der Waals surface area contributed by atoms with E-state index in [-0.39, 0.29) is 0 Å². The predicted octanol–water partition coefficient (Wildman–Crippen LogP) is 4.30. The normalized spacial score (nSPS) is 23.7. The molecule has 2 rings (SSSR count). The van der Waals surface area contributed by atoms with E-state index < -0.39 is 5.72 Å². The fraction of sp³-hybridized carbons (Fsp3) is 0.850. The van der Waals surface area contributed by atoms with Crippen LogP contribution in [0.1, 0.15) is 84.0 Å². The third-order valence-corrected chi connectivity index (χ3v) is 5.41. The maximum atomic E-state index is 10.9. The Morgan fingerprint density at radius 1 is 1.04 bits per heavy atom. The lowest BCUT2D eigenvalue weighted by Crippen LogP contribution is -2.51. The van der Waals surface area contributed by atoms with Crippen molar-refractivity contribution < 1.29 is 9.68 Å². The molecule has 2 aliphatic rings. The third-order valence-electron chi connectivity index (χ3n) is 5.41. The molecule has 0 aromatic heterocycles. The second kappa shape index (κ2) is 9.46. The number of unbranched alkanes of at least 4 members (excludes halogenated alkanes) is 9. The monoisotopic (exact) mass is 321 g/mol. The Morgan fingerprint density at radius 3 is 2.30 bits per heavy atom. The summed E-state index contributed by atoms with van der Waals surface area (Å²) in [5.74, 6) is 1.20. The molecule has 2 heterocycles. The van der Waals surface area contributed by atoms with Crippen LogP contribution in [0.3, 0.4) is 0 Å². The summed E-state index contributed by atoms with van der Waals surface area (Å²) in [6.07, 6.45) is 19.6. The number of amidine groups is 1. The Hall–Kier alpha value is -0.830. The Kier molecular flexibility index (Phi) is 7.61. The van der Waals surface area contributed by atoms with Crippen molar-refractivity contribution in [2.45, 2.75) is 89.7 Å². The van der Waals surface area contributed by atoms with Crippen molar-refractivity contribution in [2.75, 3.05) is 20.1 Å². The molecule has 0 saturated heterocycles. The number of rotatable bonds is 11. The van der Waals surface area contributed by atoms with Gasteiger partial charge in [0.25, 0.3) is 5.84 Å². The van der Waals surface area contributed by atoms with Crippen LogP contribution in [0.2, 0.25) is 0 Å². The minimum absolute atomic E-state index is 0.718. The van der Waals surface area contributed by atoms with Gasteiger partial charge in [-0.1, -0.05) is 64.7 Å². The molecule has 3 heteroatoms. The van der Waals surface area contributed by atoms with E-state index in [1.54, 1.807) is 0 Å². The standard InChI is InChI=1S/C20H37N2O/c1-3-4-5-6-7-8-9-10-11-12-15-20(23)16-14-19-21(2)17-13-18-22(19)20/h14,16,23H,3-13,15,17-18H2,1-2H3/q+1. The lowest BCUT2D eigenvalue weighted by molar-refractivity contribution is -0.509. The van der Waals surface area contributed by atoms with E-state index in [1.807, 2.05) is 6.08 Å². The Morgan fingerprint density at radius 2 is 1.65 bits per heavy atom. The van der Waals surface area contributed by atoms with E-state index in [9.17, 15) is 5.11 Å². The Bertz CT molecular complexity index is 416. The quantitative estimate of drug-likeness (QED) is 0.453. The first-order chi connectivity index (χ1) is 11.2.